The monoisotopic (exact) mass is 333 g/mol. The van der Waals surface area contributed by atoms with E-state index < -0.39 is 0 Å². The lowest BCUT2D eigenvalue weighted by atomic mass is 9.76. The van der Waals surface area contributed by atoms with Crippen molar-refractivity contribution in [1.29, 1.82) is 0 Å². The summed E-state index contributed by atoms with van der Waals surface area (Å²) in [7, 11) is 7.00. The number of hydrogen-bond donors (Lipinski definition) is 0. The number of likely N-dealkylation sites (N-methyl/N-ethyl adjacent to an activating group) is 1. The molecule has 1 heterocycles. The lowest BCUT2D eigenvalue weighted by Gasteiger charge is -2.56. The summed E-state index contributed by atoms with van der Waals surface area (Å²) >= 11 is 0. The zero-order valence-corrected chi connectivity index (χ0v) is 17.0. The van der Waals surface area contributed by atoms with Crippen LogP contribution in [0.3, 0.4) is 0 Å². The fourth-order valence-electron chi connectivity index (χ4n) is 4.10. The van der Waals surface area contributed by atoms with Gasteiger partial charge in [0.05, 0.1) is 20.1 Å². The van der Waals surface area contributed by atoms with Crippen LogP contribution in [0.15, 0.2) is 24.3 Å². The van der Waals surface area contributed by atoms with Gasteiger partial charge in [0, 0.05) is 23.9 Å². The van der Waals surface area contributed by atoms with Gasteiger partial charge < -0.3 is 9.22 Å². The van der Waals surface area contributed by atoms with Crippen molar-refractivity contribution < 1.29 is 9.22 Å². The Kier molecular flexibility index (Phi) is 5.37. The van der Waals surface area contributed by atoms with Crippen LogP contribution in [0.25, 0.3) is 0 Å². The SMILES string of the molecule is Cc1cccc(OCC[N+](C)(C)C2CC(C)(C)N(C)C(C)(C)C2)c1. The highest BCUT2D eigenvalue weighted by Crippen LogP contribution is 2.40. The Morgan fingerprint density at radius 2 is 1.71 bits per heavy atom. The number of hydrogen-bond acceptors (Lipinski definition) is 2. The molecule has 0 atom stereocenters. The molecule has 0 bridgehead atoms. The molecule has 0 unspecified atom stereocenters. The molecule has 1 aromatic carbocycles. The van der Waals surface area contributed by atoms with Crippen LogP contribution < -0.4 is 4.74 Å². The van der Waals surface area contributed by atoms with Crippen LogP contribution in [0.5, 0.6) is 5.75 Å². The van der Waals surface area contributed by atoms with E-state index in [0.29, 0.717) is 6.04 Å². The summed E-state index contributed by atoms with van der Waals surface area (Å²) in [5.41, 5.74) is 1.72. The van der Waals surface area contributed by atoms with Crippen molar-refractivity contribution in [2.45, 2.75) is 64.6 Å². The third kappa shape index (κ3) is 4.31. The summed E-state index contributed by atoms with van der Waals surface area (Å²) in [6.07, 6.45) is 2.45. The summed E-state index contributed by atoms with van der Waals surface area (Å²) in [5.74, 6) is 0.985. The molecule has 0 aromatic heterocycles. The van der Waals surface area contributed by atoms with Gasteiger partial charge in [0.1, 0.15) is 18.9 Å². The van der Waals surface area contributed by atoms with E-state index in [1.165, 1.54) is 18.4 Å². The number of aryl methyl sites for hydroxylation is 1. The van der Waals surface area contributed by atoms with E-state index >= 15 is 0 Å². The smallest absolute Gasteiger partial charge is 0.137 e. The summed E-state index contributed by atoms with van der Waals surface area (Å²) in [6, 6.07) is 8.99. The average Bonchev–Trinajstić information content (AvgIpc) is 2.44. The van der Waals surface area contributed by atoms with Crippen LogP contribution in [-0.4, -0.2) is 60.8 Å². The molecule has 0 N–H and O–H groups in total. The maximum absolute atomic E-state index is 6.01. The van der Waals surface area contributed by atoms with E-state index in [1.54, 1.807) is 0 Å². The first-order valence-corrected chi connectivity index (χ1v) is 9.20. The minimum atomic E-state index is 0.235. The van der Waals surface area contributed by atoms with Gasteiger partial charge in [-0.2, -0.15) is 0 Å². The average molecular weight is 334 g/mol. The molecule has 0 spiro atoms. The van der Waals surface area contributed by atoms with E-state index in [0.717, 1.165) is 23.4 Å². The molecule has 0 saturated carbocycles. The van der Waals surface area contributed by atoms with Gasteiger partial charge >= 0.3 is 0 Å². The molecule has 0 amide bonds. The molecule has 1 fully saturated rings. The summed E-state index contributed by atoms with van der Waals surface area (Å²) in [4.78, 5) is 2.56. The Labute approximate surface area is 149 Å². The van der Waals surface area contributed by atoms with Crippen LogP contribution in [0.2, 0.25) is 0 Å². The van der Waals surface area contributed by atoms with Crippen molar-refractivity contribution in [2.24, 2.45) is 0 Å². The predicted molar refractivity (Wildman–Crippen MR) is 103 cm³/mol. The van der Waals surface area contributed by atoms with Gasteiger partial charge in [-0.15, -0.1) is 0 Å². The van der Waals surface area contributed by atoms with Crippen LogP contribution in [0, 0.1) is 6.92 Å². The van der Waals surface area contributed by atoms with Gasteiger partial charge in [0.25, 0.3) is 0 Å². The Balaban J connectivity index is 1.99. The lowest BCUT2D eigenvalue weighted by Crippen LogP contribution is -2.66. The molecule has 1 aliphatic heterocycles. The third-order valence-corrected chi connectivity index (χ3v) is 6.20. The van der Waals surface area contributed by atoms with Gasteiger partial charge in [0.2, 0.25) is 0 Å². The molecule has 24 heavy (non-hydrogen) atoms. The summed E-state index contributed by atoms with van der Waals surface area (Å²) in [6.45, 7) is 13.4. The molecule has 1 aliphatic rings. The number of ether oxygens (including phenoxy) is 1. The predicted octanol–water partition coefficient (Wildman–Crippen LogP) is 4.10. The fourth-order valence-corrected chi connectivity index (χ4v) is 4.10. The molecule has 2 rings (SSSR count). The molecular formula is C21H37N2O+. The first-order chi connectivity index (χ1) is 10.9. The molecule has 0 radical (unpaired) electrons. The molecule has 1 aromatic rings. The maximum atomic E-state index is 6.01. The molecule has 136 valence electrons. The molecule has 0 aliphatic carbocycles. The maximum Gasteiger partial charge on any atom is 0.137 e. The highest BCUT2D eigenvalue weighted by molar-refractivity contribution is 5.27. The highest BCUT2D eigenvalue weighted by Gasteiger charge is 2.48. The van der Waals surface area contributed by atoms with Crippen LogP contribution >= 0.6 is 0 Å². The standard InChI is InChI=1S/C21H37N2O/c1-17-10-9-11-19(14-17)24-13-12-23(7,8)18-15-20(2,3)22(6)21(4,5)16-18/h9-11,14,18H,12-13,15-16H2,1-8H3/q+1. The quantitative estimate of drug-likeness (QED) is 0.752. The van der Waals surface area contributed by atoms with Crippen molar-refractivity contribution in [3.05, 3.63) is 29.8 Å². The van der Waals surface area contributed by atoms with E-state index in [4.69, 9.17) is 4.74 Å². The zero-order valence-electron chi connectivity index (χ0n) is 17.0. The zero-order chi connectivity index (χ0) is 18.2. The number of benzene rings is 1. The molecule has 3 nitrogen and oxygen atoms in total. The number of rotatable bonds is 5. The molecule has 1 saturated heterocycles. The van der Waals surface area contributed by atoms with E-state index in [1.807, 2.05) is 0 Å². The van der Waals surface area contributed by atoms with Gasteiger partial charge in [-0.25, -0.2) is 0 Å². The van der Waals surface area contributed by atoms with Gasteiger partial charge in [-0.1, -0.05) is 12.1 Å². The van der Waals surface area contributed by atoms with E-state index in [-0.39, 0.29) is 11.1 Å². The van der Waals surface area contributed by atoms with Crippen molar-refractivity contribution in [2.75, 3.05) is 34.3 Å². The molecular weight excluding hydrogens is 296 g/mol. The molecule has 3 heteroatoms. The summed E-state index contributed by atoms with van der Waals surface area (Å²) < 4.78 is 7.03. The topological polar surface area (TPSA) is 12.5 Å². The van der Waals surface area contributed by atoms with Gasteiger partial charge in [-0.3, -0.25) is 4.90 Å². The number of nitrogens with zero attached hydrogens (tertiary/aromatic N) is 2. The lowest BCUT2D eigenvalue weighted by molar-refractivity contribution is -0.918. The van der Waals surface area contributed by atoms with E-state index in [9.17, 15) is 0 Å². The normalized spacial score (nSPS) is 21.7. The largest absolute Gasteiger partial charge is 0.488 e. The first kappa shape index (κ1) is 19.3. The summed E-state index contributed by atoms with van der Waals surface area (Å²) in [5, 5.41) is 0. The minimum absolute atomic E-state index is 0.235. The number of quaternary nitrogens is 1. The van der Waals surface area contributed by atoms with Gasteiger partial charge in [0.15, 0.2) is 0 Å². The van der Waals surface area contributed by atoms with Crippen LogP contribution in [0.4, 0.5) is 0 Å². The second-order valence-electron chi connectivity index (χ2n) is 9.41. The first-order valence-electron chi connectivity index (χ1n) is 9.20. The highest BCUT2D eigenvalue weighted by atomic mass is 16.5. The van der Waals surface area contributed by atoms with Crippen LogP contribution in [-0.2, 0) is 0 Å². The number of likely N-dealkylation sites (tertiary alicyclic amines) is 1. The van der Waals surface area contributed by atoms with E-state index in [2.05, 4.69) is 84.9 Å². The Morgan fingerprint density at radius 3 is 2.25 bits per heavy atom. The van der Waals surface area contributed by atoms with Crippen molar-refractivity contribution in [1.82, 2.24) is 4.90 Å². The Bertz CT molecular complexity index is 545. The Morgan fingerprint density at radius 1 is 1.12 bits per heavy atom. The van der Waals surface area contributed by atoms with Gasteiger partial charge in [-0.05, 0) is 59.4 Å². The van der Waals surface area contributed by atoms with Crippen molar-refractivity contribution in [3.8, 4) is 5.75 Å². The van der Waals surface area contributed by atoms with Crippen LogP contribution in [0.1, 0.15) is 46.1 Å². The second kappa shape index (κ2) is 6.68. The van der Waals surface area contributed by atoms with Crippen molar-refractivity contribution >= 4 is 0 Å². The third-order valence-electron chi connectivity index (χ3n) is 6.20. The minimum Gasteiger partial charge on any atom is -0.488 e. The van der Waals surface area contributed by atoms with Crippen molar-refractivity contribution in [3.63, 3.8) is 0 Å². The second-order valence-corrected chi connectivity index (χ2v) is 9.41. The Hall–Kier alpha value is -1.06. The fraction of sp³-hybridized carbons (Fsp3) is 0.714. The number of piperidine rings is 1.